The van der Waals surface area contributed by atoms with E-state index in [0.717, 1.165) is 22.3 Å². The highest BCUT2D eigenvalue weighted by molar-refractivity contribution is 5.97. The van der Waals surface area contributed by atoms with Gasteiger partial charge in [-0.25, -0.2) is 18.7 Å². The van der Waals surface area contributed by atoms with E-state index in [0.29, 0.717) is 33.6 Å². The molecule has 0 fully saturated rings. The van der Waals surface area contributed by atoms with Crippen LogP contribution in [0.5, 0.6) is 0 Å². The van der Waals surface area contributed by atoms with Crippen molar-refractivity contribution >= 4 is 22.3 Å². The van der Waals surface area contributed by atoms with Gasteiger partial charge in [-0.15, -0.1) is 0 Å². The van der Waals surface area contributed by atoms with Gasteiger partial charge in [-0.2, -0.15) is 5.10 Å². The number of hydrogen-bond acceptors (Lipinski definition) is 6. The summed E-state index contributed by atoms with van der Waals surface area (Å²) in [5, 5.41) is 14.8. The summed E-state index contributed by atoms with van der Waals surface area (Å²) < 4.78 is 29.4. The number of rotatable bonds is 4. The minimum absolute atomic E-state index is 0.265. The van der Waals surface area contributed by atoms with E-state index in [4.69, 9.17) is 0 Å². The van der Waals surface area contributed by atoms with E-state index < -0.39 is 5.82 Å². The Morgan fingerprint density at radius 2 is 1.77 bits per heavy atom. The van der Waals surface area contributed by atoms with E-state index in [-0.39, 0.29) is 11.9 Å². The van der Waals surface area contributed by atoms with Gasteiger partial charge < -0.3 is 10.6 Å². The third kappa shape index (κ3) is 3.53. The highest BCUT2D eigenvalue weighted by Crippen LogP contribution is 2.40. The summed E-state index contributed by atoms with van der Waals surface area (Å²) >= 11 is 0. The van der Waals surface area contributed by atoms with E-state index >= 15 is 0 Å². The van der Waals surface area contributed by atoms with Crippen molar-refractivity contribution in [3.05, 3.63) is 96.4 Å². The summed E-state index contributed by atoms with van der Waals surface area (Å²) in [6.45, 7) is 0. The molecule has 2 aromatic carbocycles. The molecule has 0 bridgehead atoms. The molecule has 1 unspecified atom stereocenters. The van der Waals surface area contributed by atoms with Gasteiger partial charge in [-0.1, -0.05) is 12.1 Å². The largest absolute Gasteiger partial charge is 0.354 e. The quantitative estimate of drug-likeness (QED) is 0.341. The Kier molecular flexibility index (Phi) is 5.04. The van der Waals surface area contributed by atoms with Crippen LogP contribution < -0.4 is 10.6 Å². The number of nitrogens with zero attached hydrogens (tertiary/aromatic N) is 4. The summed E-state index contributed by atoms with van der Waals surface area (Å²) in [5.41, 5.74) is 5.49. The molecule has 172 valence electrons. The van der Waals surface area contributed by atoms with Crippen molar-refractivity contribution in [2.75, 3.05) is 12.4 Å². The molecular weight excluding hydrogens is 448 g/mol. The molecule has 5 aromatic rings. The molecule has 1 aliphatic rings. The van der Waals surface area contributed by atoms with E-state index in [1.165, 1.54) is 18.5 Å². The highest BCUT2D eigenvalue weighted by Gasteiger charge is 2.27. The topological polar surface area (TPSA) is 91.4 Å². The fraction of sp³-hybridized carbons (Fsp3) is 0.0769. The first-order valence-electron chi connectivity index (χ1n) is 11.0. The van der Waals surface area contributed by atoms with Crippen molar-refractivity contribution in [2.24, 2.45) is 0 Å². The Morgan fingerprint density at radius 1 is 0.943 bits per heavy atom. The average molecular weight is 467 g/mol. The number of pyridine rings is 1. The molecule has 35 heavy (non-hydrogen) atoms. The predicted octanol–water partition coefficient (Wildman–Crippen LogP) is 5.09. The van der Waals surface area contributed by atoms with E-state index in [1.807, 2.05) is 19.2 Å². The second kappa shape index (κ2) is 8.37. The molecule has 6 rings (SSSR count). The normalized spacial score (nSPS) is 14.9. The molecular formula is C26H19F2N7. The van der Waals surface area contributed by atoms with Crippen molar-refractivity contribution in [1.29, 1.82) is 0 Å². The molecule has 1 atom stereocenters. The molecule has 1 aliphatic heterocycles. The monoisotopic (exact) mass is 467 g/mol. The Hall–Kier alpha value is -4.50. The van der Waals surface area contributed by atoms with E-state index in [2.05, 4.69) is 35.8 Å². The summed E-state index contributed by atoms with van der Waals surface area (Å²) in [6.07, 6.45) is 8.16. The Balaban J connectivity index is 1.48. The number of likely N-dealkylation sites (N-methyl/N-ethyl adjacent to an activating group) is 1. The van der Waals surface area contributed by atoms with Crippen LogP contribution in [0.3, 0.4) is 0 Å². The van der Waals surface area contributed by atoms with Crippen LogP contribution in [-0.2, 0) is 0 Å². The zero-order chi connectivity index (χ0) is 23.9. The summed E-state index contributed by atoms with van der Waals surface area (Å²) in [6, 6.07) is 11.3. The van der Waals surface area contributed by atoms with Crippen LogP contribution in [-0.4, -0.2) is 32.2 Å². The lowest BCUT2D eigenvalue weighted by Crippen LogP contribution is -2.22. The Labute approximate surface area is 199 Å². The standard InChI is InChI=1S/C26H19F2N7/c1-29-22-10-23(33-20-6-7-32-26(24(20)22)15-4-2-3-5-18(15)27)25-17-8-16(14-11-30-13-31-12-14)19(28)9-21(17)34-35-25/h2-13,22,29,33H,1H3,(H,34,35). The number of hydrogen-bond donors (Lipinski definition) is 3. The van der Waals surface area contributed by atoms with Crippen LogP contribution in [0.25, 0.3) is 39.0 Å². The zero-order valence-corrected chi connectivity index (χ0v) is 18.6. The molecule has 0 saturated carbocycles. The molecule has 4 heterocycles. The van der Waals surface area contributed by atoms with Crippen LogP contribution in [0, 0.1) is 11.6 Å². The molecule has 3 N–H and O–H groups in total. The van der Waals surface area contributed by atoms with Gasteiger partial charge in [0.1, 0.15) is 23.7 Å². The predicted molar refractivity (Wildman–Crippen MR) is 130 cm³/mol. The first-order chi connectivity index (χ1) is 17.1. The number of nitrogens with one attached hydrogen (secondary N) is 3. The maximum atomic E-state index is 14.8. The van der Waals surface area contributed by atoms with Crippen molar-refractivity contribution in [3.63, 3.8) is 0 Å². The molecule has 0 amide bonds. The third-order valence-electron chi connectivity index (χ3n) is 6.12. The van der Waals surface area contributed by atoms with Gasteiger partial charge in [0.2, 0.25) is 0 Å². The first-order valence-corrected chi connectivity index (χ1v) is 11.0. The van der Waals surface area contributed by atoms with Gasteiger partial charge in [0.05, 0.1) is 22.9 Å². The van der Waals surface area contributed by atoms with Crippen molar-refractivity contribution in [3.8, 4) is 22.4 Å². The van der Waals surface area contributed by atoms with E-state index in [1.54, 1.807) is 42.9 Å². The third-order valence-corrected chi connectivity index (χ3v) is 6.12. The molecule has 0 radical (unpaired) electrons. The number of fused-ring (bicyclic) bond motifs is 2. The number of H-pyrrole nitrogens is 1. The van der Waals surface area contributed by atoms with Crippen LogP contribution in [0.4, 0.5) is 14.5 Å². The summed E-state index contributed by atoms with van der Waals surface area (Å²) in [7, 11) is 1.83. The molecule has 7 nitrogen and oxygen atoms in total. The van der Waals surface area contributed by atoms with Gasteiger partial charge in [0, 0.05) is 58.0 Å². The van der Waals surface area contributed by atoms with Crippen LogP contribution in [0.2, 0.25) is 0 Å². The number of benzene rings is 2. The second-order valence-electron chi connectivity index (χ2n) is 8.15. The van der Waals surface area contributed by atoms with Gasteiger partial charge in [0.15, 0.2) is 0 Å². The second-order valence-corrected chi connectivity index (χ2v) is 8.15. The minimum Gasteiger partial charge on any atom is -0.354 e. The van der Waals surface area contributed by atoms with Crippen molar-refractivity contribution in [1.82, 2.24) is 30.5 Å². The lowest BCUT2D eigenvalue weighted by atomic mass is 9.93. The molecule has 0 spiro atoms. The molecule has 3 aromatic heterocycles. The van der Waals surface area contributed by atoms with Crippen molar-refractivity contribution in [2.45, 2.75) is 6.04 Å². The first kappa shape index (κ1) is 21.1. The molecule has 0 aliphatic carbocycles. The number of aromatic nitrogens is 5. The van der Waals surface area contributed by atoms with Gasteiger partial charge in [0.25, 0.3) is 0 Å². The number of halogens is 2. The number of anilines is 1. The minimum atomic E-state index is -0.396. The smallest absolute Gasteiger partial charge is 0.133 e. The Bertz CT molecular complexity index is 1590. The van der Waals surface area contributed by atoms with Gasteiger partial charge >= 0.3 is 0 Å². The SMILES string of the molecule is CNC1C=C(c2n[nH]c3cc(F)c(-c4cncnc4)cc23)Nc2ccnc(-c3ccccc3F)c21. The van der Waals surface area contributed by atoms with Crippen LogP contribution >= 0.6 is 0 Å². The lowest BCUT2D eigenvalue weighted by molar-refractivity contribution is 0.629. The number of aromatic amines is 1. The fourth-order valence-electron chi connectivity index (χ4n) is 4.47. The summed E-state index contributed by atoms with van der Waals surface area (Å²) in [5.74, 6) is -0.733. The summed E-state index contributed by atoms with van der Waals surface area (Å²) in [4.78, 5) is 12.5. The van der Waals surface area contributed by atoms with Crippen LogP contribution in [0.1, 0.15) is 17.3 Å². The maximum Gasteiger partial charge on any atom is 0.133 e. The fourth-order valence-corrected chi connectivity index (χ4v) is 4.47. The van der Waals surface area contributed by atoms with Crippen molar-refractivity contribution < 1.29 is 8.78 Å². The molecule has 9 heteroatoms. The van der Waals surface area contributed by atoms with E-state index in [9.17, 15) is 8.78 Å². The van der Waals surface area contributed by atoms with Crippen LogP contribution in [0.15, 0.2) is 73.5 Å². The van der Waals surface area contributed by atoms with Gasteiger partial charge in [-0.05, 0) is 37.4 Å². The van der Waals surface area contributed by atoms with Gasteiger partial charge in [-0.3, -0.25) is 10.1 Å². The maximum absolute atomic E-state index is 14.8. The average Bonchev–Trinajstić information content (AvgIpc) is 3.30. The molecule has 0 saturated heterocycles. The Morgan fingerprint density at radius 3 is 2.57 bits per heavy atom. The highest BCUT2D eigenvalue weighted by atomic mass is 19.1. The zero-order valence-electron chi connectivity index (χ0n) is 18.6. The lowest BCUT2D eigenvalue weighted by Gasteiger charge is -2.27.